The van der Waals surface area contributed by atoms with Crippen molar-refractivity contribution in [3.05, 3.63) is 27.2 Å². The molecule has 0 bridgehead atoms. The van der Waals surface area contributed by atoms with E-state index in [1.54, 1.807) is 0 Å². The summed E-state index contributed by atoms with van der Waals surface area (Å²) in [6, 6.07) is 0. The average Bonchev–Trinajstić information content (AvgIpc) is 2.39. The highest BCUT2D eigenvalue weighted by atomic mass is 16.3. The fourth-order valence-electron chi connectivity index (χ4n) is 2.39. The van der Waals surface area contributed by atoms with Gasteiger partial charge in [0.15, 0.2) is 0 Å². The van der Waals surface area contributed by atoms with Gasteiger partial charge in [0.1, 0.15) is 11.3 Å². The molecule has 1 aliphatic rings. The van der Waals surface area contributed by atoms with Crippen molar-refractivity contribution in [1.29, 1.82) is 0 Å². The molecule has 0 saturated heterocycles. The van der Waals surface area contributed by atoms with Gasteiger partial charge in [0.25, 0.3) is 11.5 Å². The number of H-pyrrole nitrogens is 1. The fourth-order valence-corrected chi connectivity index (χ4v) is 2.39. The Balaban J connectivity index is 2.30. The predicted molar refractivity (Wildman–Crippen MR) is 70.1 cm³/mol. The molecule has 1 heterocycles. The lowest BCUT2D eigenvalue weighted by atomic mass is 9.93. The van der Waals surface area contributed by atoms with Gasteiger partial charge in [-0.2, -0.15) is 0 Å². The SMILES string of the molecule is [NH3+]CCCNC(=O)c1c(O)c2c([nH]c1=O)CCCC2. The van der Waals surface area contributed by atoms with Gasteiger partial charge in [-0.3, -0.25) is 9.59 Å². The number of aromatic amines is 1. The highest BCUT2D eigenvalue weighted by Gasteiger charge is 2.23. The van der Waals surface area contributed by atoms with Gasteiger partial charge < -0.3 is 21.1 Å². The van der Waals surface area contributed by atoms with Gasteiger partial charge in [-0.15, -0.1) is 0 Å². The van der Waals surface area contributed by atoms with Gasteiger partial charge in [-0.05, 0) is 25.7 Å². The van der Waals surface area contributed by atoms with Crippen LogP contribution >= 0.6 is 0 Å². The van der Waals surface area contributed by atoms with Crippen molar-refractivity contribution >= 4 is 5.91 Å². The number of amides is 1. The first kappa shape index (κ1) is 13.6. The van der Waals surface area contributed by atoms with Gasteiger partial charge in [0, 0.05) is 24.2 Å². The molecule has 0 fully saturated rings. The zero-order valence-electron chi connectivity index (χ0n) is 10.9. The van der Waals surface area contributed by atoms with Crippen molar-refractivity contribution in [2.75, 3.05) is 13.1 Å². The molecule has 0 spiro atoms. The molecule has 0 unspecified atom stereocenters. The molecule has 6 nitrogen and oxygen atoms in total. The van der Waals surface area contributed by atoms with E-state index in [0.717, 1.165) is 31.4 Å². The van der Waals surface area contributed by atoms with Gasteiger partial charge in [0.2, 0.25) is 0 Å². The minimum atomic E-state index is -0.513. The zero-order valence-corrected chi connectivity index (χ0v) is 10.9. The van der Waals surface area contributed by atoms with Crippen LogP contribution in [0.5, 0.6) is 5.75 Å². The van der Waals surface area contributed by atoms with E-state index in [4.69, 9.17) is 0 Å². The molecule has 1 aliphatic carbocycles. The Morgan fingerprint density at radius 1 is 1.37 bits per heavy atom. The van der Waals surface area contributed by atoms with Crippen molar-refractivity contribution in [2.45, 2.75) is 32.1 Å². The second-order valence-electron chi connectivity index (χ2n) is 4.80. The number of rotatable bonds is 4. The number of hydrogen-bond donors (Lipinski definition) is 4. The van der Waals surface area contributed by atoms with Crippen LogP contribution in [0.2, 0.25) is 0 Å². The van der Waals surface area contributed by atoms with Crippen LogP contribution < -0.4 is 16.6 Å². The molecule has 0 atom stereocenters. The number of carbonyl (C=O) groups excluding carboxylic acids is 1. The second kappa shape index (κ2) is 5.88. The molecule has 6 heteroatoms. The Morgan fingerprint density at radius 3 is 2.84 bits per heavy atom. The number of carbonyl (C=O) groups is 1. The molecule has 19 heavy (non-hydrogen) atoms. The first-order valence-corrected chi connectivity index (χ1v) is 6.69. The summed E-state index contributed by atoms with van der Waals surface area (Å²) in [5.41, 5.74) is 4.49. The smallest absolute Gasteiger partial charge is 0.264 e. The Labute approximate surface area is 111 Å². The highest BCUT2D eigenvalue weighted by Crippen LogP contribution is 2.28. The van der Waals surface area contributed by atoms with E-state index in [-0.39, 0.29) is 11.3 Å². The minimum absolute atomic E-state index is 0.148. The molecular weight excluding hydrogens is 246 g/mol. The maximum Gasteiger partial charge on any atom is 0.264 e. The Kier molecular flexibility index (Phi) is 4.21. The third-order valence-corrected chi connectivity index (χ3v) is 3.42. The van der Waals surface area contributed by atoms with Gasteiger partial charge in [0.05, 0.1) is 6.54 Å². The lowest BCUT2D eigenvalue weighted by Crippen LogP contribution is -2.51. The van der Waals surface area contributed by atoms with Crippen LogP contribution in [0.25, 0.3) is 0 Å². The van der Waals surface area contributed by atoms with Crippen molar-refractivity contribution in [3.8, 4) is 5.75 Å². The molecule has 6 N–H and O–H groups in total. The predicted octanol–water partition coefficient (Wildman–Crippen LogP) is -0.679. The third kappa shape index (κ3) is 2.78. The van der Waals surface area contributed by atoms with E-state index in [1.807, 2.05) is 0 Å². The molecule has 104 valence electrons. The van der Waals surface area contributed by atoms with E-state index in [2.05, 4.69) is 16.0 Å². The van der Waals surface area contributed by atoms with Gasteiger partial charge in [-0.25, -0.2) is 0 Å². The summed E-state index contributed by atoms with van der Waals surface area (Å²) in [5.74, 6) is -0.661. The molecule has 0 aromatic carbocycles. The number of aryl methyl sites for hydroxylation is 1. The normalized spacial score (nSPS) is 13.9. The Bertz CT molecular complexity index is 537. The van der Waals surface area contributed by atoms with Crippen LogP contribution in [0.15, 0.2) is 4.79 Å². The topological polar surface area (TPSA) is 110 Å². The van der Waals surface area contributed by atoms with Gasteiger partial charge in [-0.1, -0.05) is 0 Å². The molecule has 2 rings (SSSR count). The standard InChI is InChI=1S/C13H19N3O3/c14-6-3-7-15-12(18)10-11(17)8-4-1-2-5-9(8)16-13(10)19/h1-7,14H2,(H,15,18)(H2,16,17,19)/p+1. The summed E-state index contributed by atoms with van der Waals surface area (Å²) >= 11 is 0. The number of fused-ring (bicyclic) bond motifs is 1. The van der Waals surface area contributed by atoms with Crippen LogP contribution in [-0.4, -0.2) is 29.1 Å². The number of aromatic nitrogens is 1. The summed E-state index contributed by atoms with van der Waals surface area (Å²) < 4.78 is 0. The van der Waals surface area contributed by atoms with Crippen molar-refractivity contribution < 1.29 is 15.6 Å². The average molecular weight is 266 g/mol. The zero-order chi connectivity index (χ0) is 13.8. The van der Waals surface area contributed by atoms with E-state index >= 15 is 0 Å². The number of nitrogens with one attached hydrogen (secondary N) is 2. The van der Waals surface area contributed by atoms with Gasteiger partial charge >= 0.3 is 0 Å². The number of quaternary nitrogens is 1. The van der Waals surface area contributed by atoms with E-state index in [1.165, 1.54) is 0 Å². The van der Waals surface area contributed by atoms with E-state index in [0.29, 0.717) is 25.1 Å². The van der Waals surface area contributed by atoms with Crippen LogP contribution in [0, 0.1) is 0 Å². The fraction of sp³-hybridized carbons (Fsp3) is 0.538. The lowest BCUT2D eigenvalue weighted by Gasteiger charge is -2.18. The summed E-state index contributed by atoms with van der Waals surface area (Å²) in [4.78, 5) is 26.6. The molecule has 1 amide bonds. The maximum absolute atomic E-state index is 11.9. The summed E-state index contributed by atoms with van der Waals surface area (Å²) in [6.07, 6.45) is 4.17. The number of aromatic hydroxyl groups is 1. The summed E-state index contributed by atoms with van der Waals surface area (Å²) in [7, 11) is 0. The van der Waals surface area contributed by atoms with Crippen LogP contribution in [0.1, 0.15) is 40.9 Å². The molecule has 0 aliphatic heterocycles. The van der Waals surface area contributed by atoms with E-state index in [9.17, 15) is 14.7 Å². The molecular formula is C13H20N3O3+. The first-order valence-electron chi connectivity index (χ1n) is 6.69. The molecule has 0 radical (unpaired) electrons. The Hall–Kier alpha value is -1.82. The molecule has 1 aromatic heterocycles. The Morgan fingerprint density at radius 2 is 2.11 bits per heavy atom. The summed E-state index contributed by atoms with van der Waals surface area (Å²) in [5, 5.41) is 12.8. The number of hydrogen-bond acceptors (Lipinski definition) is 3. The first-order chi connectivity index (χ1) is 9.15. The third-order valence-electron chi connectivity index (χ3n) is 3.42. The van der Waals surface area contributed by atoms with Crippen LogP contribution in [0.4, 0.5) is 0 Å². The largest absolute Gasteiger partial charge is 0.507 e. The van der Waals surface area contributed by atoms with Crippen molar-refractivity contribution in [3.63, 3.8) is 0 Å². The van der Waals surface area contributed by atoms with Crippen LogP contribution in [-0.2, 0) is 12.8 Å². The number of pyridine rings is 1. The van der Waals surface area contributed by atoms with Crippen LogP contribution in [0.3, 0.4) is 0 Å². The lowest BCUT2D eigenvalue weighted by molar-refractivity contribution is -0.367. The molecule has 1 aromatic rings. The monoisotopic (exact) mass is 266 g/mol. The highest BCUT2D eigenvalue weighted by molar-refractivity contribution is 5.96. The summed E-state index contributed by atoms with van der Waals surface area (Å²) in [6.45, 7) is 1.17. The minimum Gasteiger partial charge on any atom is -0.507 e. The second-order valence-corrected chi connectivity index (χ2v) is 4.80. The maximum atomic E-state index is 11.9. The quantitative estimate of drug-likeness (QED) is 0.542. The van der Waals surface area contributed by atoms with E-state index < -0.39 is 11.5 Å². The van der Waals surface area contributed by atoms with Crippen molar-refractivity contribution in [2.24, 2.45) is 0 Å². The van der Waals surface area contributed by atoms with Crippen molar-refractivity contribution in [1.82, 2.24) is 10.3 Å². The molecule has 0 saturated carbocycles.